The van der Waals surface area contributed by atoms with Gasteiger partial charge in [-0.3, -0.25) is 0 Å². The molecule has 74 valence electrons. The molecule has 2 heterocycles. The highest BCUT2D eigenvalue weighted by Gasteiger charge is 2.16. The van der Waals surface area contributed by atoms with Gasteiger partial charge in [-0.25, -0.2) is 0 Å². The fraction of sp³-hybridized carbons (Fsp3) is 0.111. The monoisotopic (exact) mass is 354 g/mol. The summed E-state index contributed by atoms with van der Waals surface area (Å²) in [6.45, 7) is 0. The Morgan fingerprint density at radius 1 is 1.50 bits per heavy atom. The standard InChI is InChI=1S/C9H5Br2ClOS/c10-5-4-7(14-9(5)12)8(11)6-2-1-3-13-6/h1-4,8H. The summed E-state index contributed by atoms with van der Waals surface area (Å²) in [6, 6.07) is 5.80. The van der Waals surface area contributed by atoms with E-state index in [1.54, 1.807) is 6.26 Å². The lowest BCUT2D eigenvalue weighted by atomic mass is 10.3. The molecular formula is C9H5Br2ClOS. The van der Waals surface area contributed by atoms with E-state index in [0.29, 0.717) is 0 Å². The van der Waals surface area contributed by atoms with Crippen molar-refractivity contribution in [2.75, 3.05) is 0 Å². The minimum absolute atomic E-state index is 0.0753. The lowest BCUT2D eigenvalue weighted by Crippen LogP contribution is -1.84. The number of thiophene rings is 1. The van der Waals surface area contributed by atoms with Crippen LogP contribution in [0.2, 0.25) is 4.34 Å². The zero-order valence-electron chi connectivity index (χ0n) is 6.84. The van der Waals surface area contributed by atoms with Gasteiger partial charge in [-0.2, -0.15) is 0 Å². The maximum atomic E-state index is 5.96. The van der Waals surface area contributed by atoms with Gasteiger partial charge in [-0.05, 0) is 34.1 Å². The summed E-state index contributed by atoms with van der Waals surface area (Å²) in [4.78, 5) is 1.20. The summed E-state index contributed by atoms with van der Waals surface area (Å²) < 4.78 is 6.99. The van der Waals surface area contributed by atoms with Crippen molar-refractivity contribution in [3.05, 3.63) is 43.9 Å². The minimum Gasteiger partial charge on any atom is -0.468 e. The Kier molecular flexibility index (Phi) is 3.37. The van der Waals surface area contributed by atoms with Gasteiger partial charge < -0.3 is 4.42 Å². The van der Waals surface area contributed by atoms with E-state index in [4.69, 9.17) is 16.0 Å². The maximum absolute atomic E-state index is 5.96. The Labute approximate surface area is 107 Å². The van der Waals surface area contributed by atoms with Crippen LogP contribution in [0.25, 0.3) is 0 Å². The van der Waals surface area contributed by atoms with E-state index in [2.05, 4.69) is 31.9 Å². The number of hydrogen-bond acceptors (Lipinski definition) is 2. The molecular weight excluding hydrogens is 351 g/mol. The summed E-state index contributed by atoms with van der Waals surface area (Å²) in [5.74, 6) is 0.885. The molecule has 0 aliphatic heterocycles. The first kappa shape index (κ1) is 10.7. The van der Waals surface area contributed by atoms with Crippen molar-refractivity contribution >= 4 is 54.8 Å². The van der Waals surface area contributed by atoms with Crippen LogP contribution in [-0.2, 0) is 0 Å². The topological polar surface area (TPSA) is 13.1 Å². The van der Waals surface area contributed by atoms with Gasteiger partial charge in [0.25, 0.3) is 0 Å². The average Bonchev–Trinajstić information content (AvgIpc) is 2.76. The van der Waals surface area contributed by atoms with E-state index in [-0.39, 0.29) is 4.83 Å². The molecule has 2 aromatic heterocycles. The number of furan rings is 1. The average molecular weight is 356 g/mol. The second-order valence-electron chi connectivity index (χ2n) is 2.65. The van der Waals surface area contributed by atoms with Crippen molar-refractivity contribution in [1.29, 1.82) is 0 Å². The second-order valence-corrected chi connectivity index (χ2v) is 6.10. The maximum Gasteiger partial charge on any atom is 0.122 e. The molecule has 0 radical (unpaired) electrons. The predicted octanol–water partition coefficient (Wildman–Crippen LogP) is 5.24. The molecule has 0 amide bonds. The second kappa shape index (κ2) is 4.39. The highest BCUT2D eigenvalue weighted by molar-refractivity contribution is 9.10. The molecule has 2 rings (SSSR count). The van der Waals surface area contributed by atoms with Gasteiger partial charge in [0.05, 0.1) is 6.26 Å². The first-order valence-electron chi connectivity index (χ1n) is 3.80. The summed E-state index contributed by atoms with van der Waals surface area (Å²) in [5, 5.41) is 0. The Morgan fingerprint density at radius 3 is 2.79 bits per heavy atom. The SMILES string of the molecule is Clc1sc(C(Br)c2ccco2)cc1Br. The third kappa shape index (κ3) is 2.08. The van der Waals surface area contributed by atoms with Crippen molar-refractivity contribution in [1.82, 2.24) is 0 Å². The summed E-state index contributed by atoms with van der Waals surface area (Å²) >= 11 is 14.4. The van der Waals surface area contributed by atoms with E-state index in [1.807, 2.05) is 18.2 Å². The zero-order valence-corrected chi connectivity index (χ0v) is 11.6. The highest BCUT2D eigenvalue weighted by Crippen LogP contribution is 2.41. The number of hydrogen-bond donors (Lipinski definition) is 0. The van der Waals surface area contributed by atoms with Gasteiger partial charge in [-0.1, -0.05) is 27.5 Å². The molecule has 1 atom stereocenters. The first-order chi connectivity index (χ1) is 6.68. The lowest BCUT2D eigenvalue weighted by Gasteiger charge is -2.01. The van der Waals surface area contributed by atoms with Gasteiger partial charge in [0.2, 0.25) is 0 Å². The van der Waals surface area contributed by atoms with E-state index in [9.17, 15) is 0 Å². The van der Waals surface area contributed by atoms with Crippen molar-refractivity contribution < 1.29 is 4.42 Å². The van der Waals surface area contributed by atoms with Gasteiger partial charge in [-0.15, -0.1) is 11.3 Å². The van der Waals surface area contributed by atoms with E-state index >= 15 is 0 Å². The first-order valence-corrected chi connectivity index (χ1v) is 6.71. The normalized spacial score (nSPS) is 13.1. The smallest absolute Gasteiger partial charge is 0.122 e. The van der Waals surface area contributed by atoms with Crippen LogP contribution in [0.15, 0.2) is 33.4 Å². The molecule has 0 saturated carbocycles. The number of rotatable bonds is 2. The Bertz CT molecular complexity index is 404. The van der Waals surface area contributed by atoms with E-state index in [1.165, 1.54) is 11.3 Å². The fourth-order valence-corrected chi connectivity index (χ4v) is 3.46. The minimum atomic E-state index is 0.0753. The fourth-order valence-electron chi connectivity index (χ4n) is 1.06. The van der Waals surface area contributed by atoms with Crippen molar-refractivity contribution in [3.63, 3.8) is 0 Å². The van der Waals surface area contributed by atoms with Gasteiger partial charge in [0.1, 0.15) is 14.9 Å². The number of alkyl halides is 1. The van der Waals surface area contributed by atoms with Gasteiger partial charge in [0, 0.05) is 9.35 Å². The van der Waals surface area contributed by atoms with Crippen LogP contribution >= 0.6 is 54.8 Å². The van der Waals surface area contributed by atoms with Crippen LogP contribution in [-0.4, -0.2) is 0 Å². The van der Waals surface area contributed by atoms with Gasteiger partial charge in [0.15, 0.2) is 0 Å². The lowest BCUT2D eigenvalue weighted by molar-refractivity contribution is 0.521. The molecule has 1 nitrogen and oxygen atoms in total. The molecule has 0 saturated heterocycles. The molecule has 14 heavy (non-hydrogen) atoms. The molecule has 1 unspecified atom stereocenters. The molecule has 0 bridgehead atoms. The quantitative estimate of drug-likeness (QED) is 0.671. The third-order valence-corrected chi connectivity index (χ3v) is 5.49. The van der Waals surface area contributed by atoms with Crippen molar-refractivity contribution in [2.45, 2.75) is 4.83 Å². The number of halogens is 3. The highest BCUT2D eigenvalue weighted by atomic mass is 79.9. The van der Waals surface area contributed by atoms with Crippen LogP contribution in [0.1, 0.15) is 15.5 Å². The Morgan fingerprint density at radius 2 is 2.29 bits per heavy atom. The summed E-state index contributed by atoms with van der Waals surface area (Å²) in [6.07, 6.45) is 1.66. The van der Waals surface area contributed by atoms with Crippen LogP contribution in [0, 0.1) is 0 Å². The molecule has 0 aliphatic rings. The van der Waals surface area contributed by atoms with E-state index in [0.717, 1.165) is 19.4 Å². The Balaban J connectivity index is 2.32. The van der Waals surface area contributed by atoms with Crippen molar-refractivity contribution in [2.24, 2.45) is 0 Å². The molecule has 0 aromatic carbocycles. The largest absolute Gasteiger partial charge is 0.468 e. The van der Waals surface area contributed by atoms with E-state index < -0.39 is 0 Å². The molecule has 2 aromatic rings. The summed E-state index contributed by atoms with van der Waals surface area (Å²) in [5.41, 5.74) is 0. The van der Waals surface area contributed by atoms with Crippen LogP contribution in [0.5, 0.6) is 0 Å². The Hall–Kier alpha value is 0.230. The third-order valence-electron chi connectivity index (χ3n) is 1.71. The predicted molar refractivity (Wildman–Crippen MR) is 66.5 cm³/mol. The molecule has 0 spiro atoms. The molecule has 0 aliphatic carbocycles. The molecule has 0 N–H and O–H groups in total. The van der Waals surface area contributed by atoms with Crippen LogP contribution in [0.3, 0.4) is 0 Å². The van der Waals surface area contributed by atoms with Crippen LogP contribution in [0.4, 0.5) is 0 Å². The van der Waals surface area contributed by atoms with Crippen molar-refractivity contribution in [3.8, 4) is 0 Å². The van der Waals surface area contributed by atoms with Gasteiger partial charge >= 0.3 is 0 Å². The zero-order chi connectivity index (χ0) is 10.1. The molecule has 5 heteroatoms. The summed E-state index contributed by atoms with van der Waals surface area (Å²) in [7, 11) is 0. The van der Waals surface area contributed by atoms with Crippen LogP contribution < -0.4 is 0 Å². The molecule has 0 fully saturated rings.